The maximum absolute atomic E-state index is 13.7. The van der Waals surface area contributed by atoms with Crippen LogP contribution in [0.2, 0.25) is 0 Å². The van der Waals surface area contributed by atoms with E-state index in [2.05, 4.69) is 5.32 Å². The van der Waals surface area contributed by atoms with Crippen LogP contribution in [-0.4, -0.2) is 64.4 Å². The van der Waals surface area contributed by atoms with E-state index in [-0.39, 0.29) is 30.9 Å². The van der Waals surface area contributed by atoms with E-state index in [4.69, 9.17) is 14.2 Å². The molecule has 1 N–H and O–H groups in total. The number of carbonyl (C=O) groups excluding carboxylic acids is 2. The molecule has 1 heterocycles. The van der Waals surface area contributed by atoms with Crippen molar-refractivity contribution in [2.75, 3.05) is 37.6 Å². The molecule has 0 unspecified atom stereocenters. The topological polar surface area (TPSA) is 114 Å². The van der Waals surface area contributed by atoms with Crippen LogP contribution in [0.3, 0.4) is 0 Å². The van der Waals surface area contributed by atoms with Crippen molar-refractivity contribution < 1.29 is 32.2 Å². The van der Waals surface area contributed by atoms with Gasteiger partial charge in [0, 0.05) is 19.2 Å². The SMILES string of the molecule is CC[C@H](C(=O)NCC(C)C)N(Cc1ccc(OC)cc1)C(=O)CN(c1ccc2c(c1)OCO2)S(C)(=O)=O. The van der Waals surface area contributed by atoms with Crippen LogP contribution in [0.4, 0.5) is 5.69 Å². The molecule has 0 saturated heterocycles. The number of amides is 2. The molecule has 0 aromatic heterocycles. The van der Waals surface area contributed by atoms with E-state index in [1.54, 1.807) is 31.4 Å². The molecule has 11 heteroatoms. The highest BCUT2D eigenvalue weighted by molar-refractivity contribution is 7.92. The first kappa shape index (κ1) is 28.1. The van der Waals surface area contributed by atoms with Gasteiger partial charge in [-0.2, -0.15) is 0 Å². The summed E-state index contributed by atoms with van der Waals surface area (Å²) < 4.78 is 42.4. The summed E-state index contributed by atoms with van der Waals surface area (Å²) in [6.45, 7) is 5.92. The Morgan fingerprint density at radius 2 is 1.76 bits per heavy atom. The predicted octanol–water partition coefficient (Wildman–Crippen LogP) is 2.77. The number of nitrogens with zero attached hydrogens (tertiary/aromatic N) is 2. The van der Waals surface area contributed by atoms with Crippen molar-refractivity contribution in [3.05, 3.63) is 48.0 Å². The molecule has 37 heavy (non-hydrogen) atoms. The minimum atomic E-state index is -3.85. The van der Waals surface area contributed by atoms with E-state index in [9.17, 15) is 18.0 Å². The number of hydrogen-bond acceptors (Lipinski definition) is 7. The Balaban J connectivity index is 1.92. The summed E-state index contributed by atoms with van der Waals surface area (Å²) in [5, 5.41) is 2.90. The molecule has 2 aromatic rings. The Morgan fingerprint density at radius 3 is 2.35 bits per heavy atom. The fraction of sp³-hybridized carbons (Fsp3) is 0.462. The number of benzene rings is 2. The zero-order valence-electron chi connectivity index (χ0n) is 21.9. The van der Waals surface area contributed by atoms with Crippen LogP contribution in [0.5, 0.6) is 17.2 Å². The maximum atomic E-state index is 13.7. The molecule has 0 bridgehead atoms. The monoisotopic (exact) mass is 533 g/mol. The lowest BCUT2D eigenvalue weighted by Crippen LogP contribution is -2.52. The molecular formula is C26H35N3O7S. The molecule has 1 atom stereocenters. The summed E-state index contributed by atoms with van der Waals surface area (Å²) >= 11 is 0. The summed E-state index contributed by atoms with van der Waals surface area (Å²) in [6, 6.07) is 11.1. The molecule has 1 aliphatic rings. The van der Waals surface area contributed by atoms with Crippen molar-refractivity contribution in [1.82, 2.24) is 10.2 Å². The van der Waals surface area contributed by atoms with Crippen LogP contribution in [0.1, 0.15) is 32.8 Å². The highest BCUT2D eigenvalue weighted by Crippen LogP contribution is 2.36. The molecule has 0 radical (unpaired) electrons. The van der Waals surface area contributed by atoms with E-state index in [0.717, 1.165) is 16.1 Å². The molecule has 202 valence electrons. The second-order valence-corrected chi connectivity index (χ2v) is 11.1. The number of methoxy groups -OCH3 is 1. The van der Waals surface area contributed by atoms with Gasteiger partial charge in [0.25, 0.3) is 0 Å². The van der Waals surface area contributed by atoms with Crippen LogP contribution in [-0.2, 0) is 26.2 Å². The average molecular weight is 534 g/mol. The Hall–Kier alpha value is -3.47. The number of sulfonamides is 1. The zero-order chi connectivity index (χ0) is 27.2. The fourth-order valence-corrected chi connectivity index (χ4v) is 4.77. The number of ether oxygens (including phenoxy) is 3. The minimum Gasteiger partial charge on any atom is -0.497 e. The van der Waals surface area contributed by atoms with Crippen LogP contribution in [0, 0.1) is 5.92 Å². The fourth-order valence-electron chi connectivity index (χ4n) is 3.92. The van der Waals surface area contributed by atoms with Gasteiger partial charge in [-0.3, -0.25) is 13.9 Å². The van der Waals surface area contributed by atoms with Crippen molar-refractivity contribution in [3.8, 4) is 17.2 Å². The lowest BCUT2D eigenvalue weighted by atomic mass is 10.1. The van der Waals surface area contributed by atoms with Gasteiger partial charge in [0.05, 0.1) is 19.1 Å². The zero-order valence-corrected chi connectivity index (χ0v) is 22.7. The Kier molecular flexibility index (Phi) is 9.25. The predicted molar refractivity (Wildman–Crippen MR) is 140 cm³/mol. The lowest BCUT2D eigenvalue weighted by molar-refractivity contribution is -0.140. The van der Waals surface area contributed by atoms with Crippen molar-refractivity contribution in [1.29, 1.82) is 0 Å². The van der Waals surface area contributed by atoms with E-state index in [1.165, 1.54) is 11.0 Å². The highest BCUT2D eigenvalue weighted by atomic mass is 32.2. The molecule has 0 spiro atoms. The number of anilines is 1. The molecular weight excluding hydrogens is 498 g/mol. The van der Waals surface area contributed by atoms with E-state index < -0.39 is 28.5 Å². The van der Waals surface area contributed by atoms with Crippen LogP contribution < -0.4 is 23.8 Å². The van der Waals surface area contributed by atoms with Crippen molar-refractivity contribution >= 4 is 27.5 Å². The van der Waals surface area contributed by atoms with Gasteiger partial charge in [0.2, 0.25) is 28.6 Å². The molecule has 2 aromatic carbocycles. The van der Waals surface area contributed by atoms with Crippen molar-refractivity contribution in [2.24, 2.45) is 5.92 Å². The van der Waals surface area contributed by atoms with Gasteiger partial charge < -0.3 is 24.4 Å². The number of carbonyl (C=O) groups is 2. The third-order valence-electron chi connectivity index (χ3n) is 5.91. The largest absolute Gasteiger partial charge is 0.497 e. The minimum absolute atomic E-state index is 0.0376. The van der Waals surface area contributed by atoms with Crippen molar-refractivity contribution in [2.45, 2.75) is 39.8 Å². The van der Waals surface area contributed by atoms with Crippen LogP contribution in [0.15, 0.2) is 42.5 Å². The molecule has 3 rings (SSSR count). The van der Waals surface area contributed by atoms with Gasteiger partial charge in [-0.15, -0.1) is 0 Å². The summed E-state index contributed by atoms with van der Waals surface area (Å²) in [7, 11) is -2.29. The van der Waals surface area contributed by atoms with Gasteiger partial charge >= 0.3 is 0 Å². The standard InChI is InChI=1S/C26H35N3O7S/c1-6-22(26(31)27-14-18(2)3)28(15-19-7-10-21(34-4)11-8-19)25(30)16-29(37(5,32)33)20-9-12-23-24(13-20)36-17-35-23/h7-13,18,22H,6,14-17H2,1-5H3,(H,27,31)/t22-/m1/s1. The quantitative estimate of drug-likeness (QED) is 0.446. The summed E-state index contributed by atoms with van der Waals surface area (Å²) in [5.74, 6) is 0.997. The van der Waals surface area contributed by atoms with Crippen LogP contribution in [0.25, 0.3) is 0 Å². The average Bonchev–Trinajstić information content (AvgIpc) is 3.33. The van der Waals surface area contributed by atoms with E-state index >= 15 is 0 Å². The normalized spacial score (nSPS) is 13.2. The second-order valence-electron chi connectivity index (χ2n) is 9.24. The number of rotatable bonds is 12. The first-order valence-electron chi connectivity index (χ1n) is 12.1. The van der Waals surface area contributed by atoms with Gasteiger partial charge in [-0.05, 0) is 42.2 Å². The van der Waals surface area contributed by atoms with Gasteiger partial charge in [-0.1, -0.05) is 32.9 Å². The first-order valence-corrected chi connectivity index (χ1v) is 14.0. The third kappa shape index (κ3) is 7.28. The lowest BCUT2D eigenvalue weighted by Gasteiger charge is -2.33. The van der Waals surface area contributed by atoms with E-state index in [1.807, 2.05) is 32.9 Å². The smallest absolute Gasteiger partial charge is 0.244 e. The summed E-state index contributed by atoms with van der Waals surface area (Å²) in [4.78, 5) is 28.3. The van der Waals surface area contributed by atoms with Crippen LogP contribution >= 0.6 is 0 Å². The Morgan fingerprint density at radius 1 is 1.08 bits per heavy atom. The molecule has 0 aliphatic carbocycles. The van der Waals surface area contributed by atoms with E-state index in [0.29, 0.717) is 30.2 Å². The number of fused-ring (bicyclic) bond motifs is 1. The Bertz CT molecular complexity index is 1200. The third-order valence-corrected chi connectivity index (χ3v) is 7.05. The molecule has 0 fully saturated rings. The molecule has 0 saturated carbocycles. The second kappa shape index (κ2) is 12.2. The number of hydrogen-bond donors (Lipinski definition) is 1. The van der Waals surface area contributed by atoms with Gasteiger partial charge in [0.1, 0.15) is 18.3 Å². The summed E-state index contributed by atoms with van der Waals surface area (Å²) in [5.41, 5.74) is 1.04. The first-order chi connectivity index (χ1) is 17.5. The van der Waals surface area contributed by atoms with Gasteiger partial charge in [0.15, 0.2) is 11.5 Å². The molecule has 10 nitrogen and oxygen atoms in total. The Labute approximate surface area is 218 Å². The summed E-state index contributed by atoms with van der Waals surface area (Å²) in [6.07, 6.45) is 1.39. The number of nitrogens with one attached hydrogen (secondary N) is 1. The molecule has 1 aliphatic heterocycles. The molecule has 2 amide bonds. The highest BCUT2D eigenvalue weighted by Gasteiger charge is 2.32. The van der Waals surface area contributed by atoms with Gasteiger partial charge in [-0.25, -0.2) is 8.42 Å². The maximum Gasteiger partial charge on any atom is 0.244 e. The van der Waals surface area contributed by atoms with Crippen molar-refractivity contribution in [3.63, 3.8) is 0 Å².